The van der Waals surface area contributed by atoms with Gasteiger partial charge < -0.3 is 16.0 Å². The predicted molar refractivity (Wildman–Crippen MR) is 130 cm³/mol. The van der Waals surface area contributed by atoms with Gasteiger partial charge in [0.2, 0.25) is 15.9 Å². The molecular weight excluding hydrogens is 495 g/mol. The fourth-order valence-corrected chi connectivity index (χ4v) is 5.47. The van der Waals surface area contributed by atoms with Crippen LogP contribution >= 0.6 is 34.8 Å². The van der Waals surface area contributed by atoms with Crippen molar-refractivity contribution in [3.8, 4) is 0 Å². The van der Waals surface area contributed by atoms with E-state index in [4.69, 9.17) is 40.5 Å². The van der Waals surface area contributed by atoms with Gasteiger partial charge in [-0.2, -0.15) is 4.72 Å². The summed E-state index contributed by atoms with van der Waals surface area (Å²) < 4.78 is 28.7. The fourth-order valence-electron chi connectivity index (χ4n) is 3.42. The van der Waals surface area contributed by atoms with Crippen LogP contribution in [-0.2, 0) is 14.8 Å². The Kier molecular flexibility index (Phi) is 8.16. The zero-order chi connectivity index (χ0) is 23.5. The number of anilines is 2. The van der Waals surface area contributed by atoms with E-state index in [-0.39, 0.29) is 33.1 Å². The van der Waals surface area contributed by atoms with Crippen LogP contribution in [-0.4, -0.2) is 44.9 Å². The summed E-state index contributed by atoms with van der Waals surface area (Å²) in [4.78, 5) is 14.8. The van der Waals surface area contributed by atoms with Gasteiger partial charge >= 0.3 is 0 Å². The van der Waals surface area contributed by atoms with Gasteiger partial charge in [0.25, 0.3) is 0 Å². The molecule has 1 heterocycles. The minimum absolute atomic E-state index is 0.0165. The van der Waals surface area contributed by atoms with Crippen LogP contribution in [0.15, 0.2) is 41.3 Å². The van der Waals surface area contributed by atoms with Gasteiger partial charge in [0, 0.05) is 30.3 Å². The Balaban J connectivity index is 1.84. The highest BCUT2D eigenvalue weighted by atomic mass is 35.5. The molecule has 1 saturated heterocycles. The van der Waals surface area contributed by atoms with Crippen molar-refractivity contribution >= 4 is 62.1 Å². The highest BCUT2D eigenvalue weighted by Crippen LogP contribution is 2.31. The molecule has 2 aromatic carbocycles. The summed E-state index contributed by atoms with van der Waals surface area (Å²) in [6.45, 7) is 3.32. The average Bonchev–Trinajstić information content (AvgIpc) is 2.74. The molecule has 32 heavy (non-hydrogen) atoms. The first kappa shape index (κ1) is 24.9. The molecule has 0 saturated carbocycles. The lowest BCUT2D eigenvalue weighted by molar-refractivity contribution is -0.134. The number of nitrogens with two attached hydrogens (primary N) is 1. The third-order valence-electron chi connectivity index (χ3n) is 5.39. The van der Waals surface area contributed by atoms with Crippen molar-refractivity contribution in [1.82, 2.24) is 9.62 Å². The highest BCUT2D eigenvalue weighted by molar-refractivity contribution is 7.89. The lowest BCUT2D eigenvalue weighted by Gasteiger charge is -2.33. The van der Waals surface area contributed by atoms with Gasteiger partial charge in [-0.3, -0.25) is 4.79 Å². The number of nitrogens with one attached hydrogen (secondary N) is 2. The lowest BCUT2D eigenvalue weighted by atomic mass is 9.99. The van der Waals surface area contributed by atoms with Crippen molar-refractivity contribution in [2.45, 2.75) is 30.7 Å². The van der Waals surface area contributed by atoms with E-state index in [2.05, 4.69) is 17.0 Å². The number of rotatable bonds is 7. The standard InChI is InChI=1S/C21H25Cl3N4O3S/c1-13-5-7-28(8-6-13)21(29)19(12-26-15-4-2-3-14(22)9-15)27-32(30,31)16-10-17(23)20(25)18(24)11-16/h2-4,9-11,13,19,26-27H,5-8,12,25H2,1H3. The molecule has 0 aliphatic carbocycles. The highest BCUT2D eigenvalue weighted by Gasteiger charge is 2.31. The van der Waals surface area contributed by atoms with Crippen LogP contribution in [0, 0.1) is 5.92 Å². The van der Waals surface area contributed by atoms with E-state index in [0.717, 1.165) is 12.8 Å². The summed E-state index contributed by atoms with van der Waals surface area (Å²) in [5, 5.41) is 3.65. The quantitative estimate of drug-likeness (QED) is 0.475. The van der Waals surface area contributed by atoms with E-state index in [1.165, 1.54) is 12.1 Å². The van der Waals surface area contributed by atoms with Crippen molar-refractivity contribution in [3.05, 3.63) is 51.5 Å². The SMILES string of the molecule is CC1CCN(C(=O)C(CNc2cccc(Cl)c2)NS(=O)(=O)c2cc(Cl)c(N)c(Cl)c2)CC1. The number of likely N-dealkylation sites (tertiary alicyclic amines) is 1. The summed E-state index contributed by atoms with van der Waals surface area (Å²) in [5.41, 5.74) is 6.47. The number of benzene rings is 2. The van der Waals surface area contributed by atoms with Crippen LogP contribution in [0.3, 0.4) is 0 Å². The molecule has 0 radical (unpaired) electrons. The van der Waals surface area contributed by atoms with E-state index in [1.807, 2.05) is 0 Å². The topological polar surface area (TPSA) is 105 Å². The van der Waals surface area contributed by atoms with Crippen molar-refractivity contribution in [3.63, 3.8) is 0 Å². The normalized spacial score (nSPS) is 16.1. The third kappa shape index (κ3) is 6.20. The Labute approximate surface area is 203 Å². The number of hydrogen-bond acceptors (Lipinski definition) is 5. The Bertz CT molecular complexity index is 1070. The molecule has 1 aliphatic rings. The Morgan fingerprint density at radius 1 is 1.16 bits per heavy atom. The predicted octanol–water partition coefficient (Wildman–Crippen LogP) is 4.25. The monoisotopic (exact) mass is 518 g/mol. The zero-order valence-electron chi connectivity index (χ0n) is 17.4. The minimum Gasteiger partial charge on any atom is -0.396 e. The molecule has 4 N–H and O–H groups in total. The Hall–Kier alpha value is -1.71. The molecule has 0 aromatic heterocycles. The molecule has 2 aromatic rings. The smallest absolute Gasteiger partial charge is 0.242 e. The maximum absolute atomic E-state index is 13.3. The summed E-state index contributed by atoms with van der Waals surface area (Å²) in [7, 11) is -4.12. The molecule has 1 atom stereocenters. The number of nitrogens with zero attached hydrogens (tertiary/aromatic N) is 1. The molecule has 0 bridgehead atoms. The first-order chi connectivity index (χ1) is 15.1. The van der Waals surface area contributed by atoms with Crippen molar-refractivity contribution in [2.24, 2.45) is 5.92 Å². The number of hydrogen-bond donors (Lipinski definition) is 3. The summed E-state index contributed by atoms with van der Waals surface area (Å²) in [5.74, 6) is 0.223. The molecular formula is C21H25Cl3N4O3S. The van der Waals surface area contributed by atoms with Gasteiger partial charge in [-0.1, -0.05) is 47.8 Å². The molecule has 11 heteroatoms. The third-order valence-corrected chi connectivity index (χ3v) is 7.70. The van der Waals surface area contributed by atoms with Crippen molar-refractivity contribution in [2.75, 3.05) is 30.7 Å². The molecule has 7 nitrogen and oxygen atoms in total. The van der Waals surface area contributed by atoms with E-state index >= 15 is 0 Å². The van der Waals surface area contributed by atoms with Crippen LogP contribution in [0.1, 0.15) is 19.8 Å². The fraction of sp³-hybridized carbons (Fsp3) is 0.381. The molecule has 1 amide bonds. The van der Waals surface area contributed by atoms with Crippen LogP contribution in [0.25, 0.3) is 0 Å². The largest absolute Gasteiger partial charge is 0.396 e. The summed E-state index contributed by atoms with van der Waals surface area (Å²) in [6.07, 6.45) is 1.74. The molecule has 174 valence electrons. The van der Waals surface area contributed by atoms with Crippen LogP contribution in [0.5, 0.6) is 0 Å². The number of halogens is 3. The van der Waals surface area contributed by atoms with Gasteiger partial charge in [-0.05, 0) is 49.1 Å². The second-order valence-corrected chi connectivity index (χ2v) is 10.8. The van der Waals surface area contributed by atoms with Crippen LogP contribution < -0.4 is 15.8 Å². The first-order valence-electron chi connectivity index (χ1n) is 10.1. The van der Waals surface area contributed by atoms with Crippen molar-refractivity contribution < 1.29 is 13.2 Å². The summed E-state index contributed by atoms with van der Waals surface area (Å²) >= 11 is 18.1. The maximum atomic E-state index is 13.3. The van der Waals surface area contributed by atoms with Crippen LogP contribution in [0.2, 0.25) is 15.1 Å². The zero-order valence-corrected chi connectivity index (χ0v) is 20.5. The van der Waals surface area contributed by atoms with E-state index in [0.29, 0.717) is 29.7 Å². The molecule has 0 spiro atoms. The molecule has 1 fully saturated rings. The van der Waals surface area contributed by atoms with Gasteiger partial charge in [-0.15, -0.1) is 0 Å². The second-order valence-electron chi connectivity index (χ2n) is 7.87. The average molecular weight is 520 g/mol. The Morgan fingerprint density at radius 3 is 2.38 bits per heavy atom. The summed E-state index contributed by atoms with van der Waals surface area (Å²) in [6, 6.07) is 8.32. The number of amides is 1. The number of nitrogen functional groups attached to an aromatic ring is 1. The first-order valence-corrected chi connectivity index (χ1v) is 12.7. The van der Waals surface area contributed by atoms with E-state index < -0.39 is 16.1 Å². The van der Waals surface area contributed by atoms with Gasteiger partial charge in [0.05, 0.1) is 20.6 Å². The minimum atomic E-state index is -4.12. The Morgan fingerprint density at radius 2 is 1.78 bits per heavy atom. The molecule has 1 aliphatic heterocycles. The van der Waals surface area contributed by atoms with Gasteiger partial charge in [-0.25, -0.2) is 8.42 Å². The number of piperidine rings is 1. The van der Waals surface area contributed by atoms with E-state index in [9.17, 15) is 13.2 Å². The van der Waals surface area contributed by atoms with Crippen molar-refractivity contribution in [1.29, 1.82) is 0 Å². The molecule has 1 unspecified atom stereocenters. The number of carbonyl (C=O) groups excluding carboxylic acids is 1. The lowest BCUT2D eigenvalue weighted by Crippen LogP contribution is -2.53. The number of sulfonamides is 1. The van der Waals surface area contributed by atoms with Gasteiger partial charge in [0.1, 0.15) is 6.04 Å². The van der Waals surface area contributed by atoms with Gasteiger partial charge in [0.15, 0.2) is 0 Å². The second kappa shape index (κ2) is 10.5. The maximum Gasteiger partial charge on any atom is 0.242 e. The van der Waals surface area contributed by atoms with Crippen LogP contribution in [0.4, 0.5) is 11.4 Å². The molecule has 3 rings (SSSR count). The number of carbonyl (C=O) groups is 1. The van der Waals surface area contributed by atoms with E-state index in [1.54, 1.807) is 29.2 Å².